The van der Waals surface area contributed by atoms with Gasteiger partial charge in [-0.2, -0.15) is 4.31 Å². The Balaban J connectivity index is 1.75. The highest BCUT2D eigenvalue weighted by Crippen LogP contribution is 2.17. The van der Waals surface area contributed by atoms with E-state index in [0.29, 0.717) is 6.42 Å². The Bertz CT molecular complexity index is 1090. The molecule has 0 radical (unpaired) electrons. The Hall–Kier alpha value is -3.03. The minimum atomic E-state index is -3.85. The summed E-state index contributed by atoms with van der Waals surface area (Å²) in [6.45, 7) is 1.63. The lowest BCUT2D eigenvalue weighted by molar-refractivity contribution is -0.121. The van der Waals surface area contributed by atoms with Gasteiger partial charge in [0.1, 0.15) is 5.82 Å². The number of nitrogens with one attached hydrogen (secondary N) is 1. The standard InChI is InChI=1S/C24H25FN2O3S/c1-19(21-12-14-22(25)15-13-21)26-24(28)18-27(17-16-20-8-4-2-5-9-20)31(29,30)23-10-6-3-7-11-23/h2-15,19H,16-18H2,1H3,(H,26,28)/t19-/m1/s1. The monoisotopic (exact) mass is 440 g/mol. The van der Waals surface area contributed by atoms with Gasteiger partial charge in [0.25, 0.3) is 0 Å². The first-order valence-corrected chi connectivity index (χ1v) is 11.4. The van der Waals surface area contributed by atoms with E-state index in [-0.39, 0.29) is 29.8 Å². The summed E-state index contributed by atoms with van der Waals surface area (Å²) in [6, 6.07) is 23.0. The van der Waals surface area contributed by atoms with Crippen molar-refractivity contribution in [2.75, 3.05) is 13.1 Å². The lowest BCUT2D eigenvalue weighted by Crippen LogP contribution is -2.42. The number of carbonyl (C=O) groups is 1. The maximum atomic E-state index is 13.2. The van der Waals surface area contributed by atoms with E-state index in [0.717, 1.165) is 11.1 Å². The average molecular weight is 441 g/mol. The number of hydrogen-bond donors (Lipinski definition) is 1. The molecule has 3 aromatic carbocycles. The molecule has 1 amide bonds. The summed E-state index contributed by atoms with van der Waals surface area (Å²) in [4.78, 5) is 12.8. The number of rotatable bonds is 9. The Morgan fingerprint density at radius 3 is 2.13 bits per heavy atom. The van der Waals surface area contributed by atoms with Crippen molar-refractivity contribution in [2.24, 2.45) is 0 Å². The normalized spacial score (nSPS) is 12.5. The van der Waals surface area contributed by atoms with Gasteiger partial charge in [0.15, 0.2) is 0 Å². The van der Waals surface area contributed by atoms with Gasteiger partial charge in [-0.25, -0.2) is 12.8 Å². The SMILES string of the molecule is C[C@@H](NC(=O)CN(CCc1ccccc1)S(=O)(=O)c1ccccc1)c1ccc(F)cc1. The smallest absolute Gasteiger partial charge is 0.243 e. The van der Waals surface area contributed by atoms with E-state index >= 15 is 0 Å². The summed E-state index contributed by atoms with van der Waals surface area (Å²) in [5.74, 6) is -0.785. The molecule has 5 nitrogen and oxygen atoms in total. The molecule has 0 aliphatic heterocycles. The fraction of sp³-hybridized carbons (Fsp3) is 0.208. The van der Waals surface area contributed by atoms with Crippen molar-refractivity contribution in [1.29, 1.82) is 0 Å². The van der Waals surface area contributed by atoms with Crippen LogP contribution in [0.3, 0.4) is 0 Å². The van der Waals surface area contributed by atoms with Crippen LogP contribution in [0.15, 0.2) is 89.8 Å². The minimum Gasteiger partial charge on any atom is -0.348 e. The van der Waals surface area contributed by atoms with E-state index in [9.17, 15) is 17.6 Å². The molecule has 0 aliphatic rings. The van der Waals surface area contributed by atoms with Crippen molar-refractivity contribution < 1.29 is 17.6 Å². The highest BCUT2D eigenvalue weighted by molar-refractivity contribution is 7.89. The molecular weight excluding hydrogens is 415 g/mol. The molecule has 31 heavy (non-hydrogen) atoms. The second-order valence-corrected chi connectivity index (χ2v) is 9.17. The zero-order chi connectivity index (χ0) is 22.3. The predicted molar refractivity (Wildman–Crippen MR) is 118 cm³/mol. The fourth-order valence-electron chi connectivity index (χ4n) is 3.21. The van der Waals surface area contributed by atoms with Crippen LogP contribution >= 0.6 is 0 Å². The number of sulfonamides is 1. The highest BCUT2D eigenvalue weighted by atomic mass is 32.2. The van der Waals surface area contributed by atoms with E-state index in [1.807, 2.05) is 30.3 Å². The molecule has 1 atom stereocenters. The maximum absolute atomic E-state index is 13.2. The van der Waals surface area contributed by atoms with E-state index < -0.39 is 15.9 Å². The molecule has 0 unspecified atom stereocenters. The summed E-state index contributed by atoms with van der Waals surface area (Å²) >= 11 is 0. The minimum absolute atomic E-state index is 0.141. The molecule has 3 rings (SSSR count). The Labute approximate surface area is 182 Å². The second kappa shape index (κ2) is 10.3. The van der Waals surface area contributed by atoms with Crippen LogP contribution in [0.5, 0.6) is 0 Å². The van der Waals surface area contributed by atoms with Crippen LogP contribution in [0.1, 0.15) is 24.1 Å². The number of amides is 1. The average Bonchev–Trinajstić information content (AvgIpc) is 2.78. The molecule has 0 heterocycles. The van der Waals surface area contributed by atoms with Gasteiger partial charge in [-0.1, -0.05) is 60.7 Å². The number of hydrogen-bond acceptors (Lipinski definition) is 3. The van der Waals surface area contributed by atoms with Crippen LogP contribution in [0.2, 0.25) is 0 Å². The van der Waals surface area contributed by atoms with Crippen molar-refractivity contribution >= 4 is 15.9 Å². The molecule has 0 bridgehead atoms. The van der Waals surface area contributed by atoms with Gasteiger partial charge in [0.05, 0.1) is 17.5 Å². The Morgan fingerprint density at radius 2 is 1.52 bits per heavy atom. The Kier molecular flexibility index (Phi) is 7.55. The van der Waals surface area contributed by atoms with Crippen LogP contribution in [0.4, 0.5) is 4.39 Å². The summed E-state index contributed by atoms with van der Waals surface area (Å²) in [6.07, 6.45) is 0.480. The van der Waals surface area contributed by atoms with Crippen molar-refractivity contribution in [3.05, 3.63) is 102 Å². The molecule has 0 aromatic heterocycles. The van der Waals surface area contributed by atoms with Crippen LogP contribution in [0, 0.1) is 5.82 Å². The maximum Gasteiger partial charge on any atom is 0.243 e. The number of carbonyl (C=O) groups excluding carboxylic acids is 1. The molecule has 0 spiro atoms. The van der Waals surface area contributed by atoms with Gasteiger partial charge in [-0.3, -0.25) is 4.79 Å². The Morgan fingerprint density at radius 1 is 0.935 bits per heavy atom. The molecular formula is C24H25FN2O3S. The van der Waals surface area contributed by atoms with E-state index in [2.05, 4.69) is 5.32 Å². The number of benzene rings is 3. The van der Waals surface area contributed by atoms with Crippen molar-refractivity contribution in [3.63, 3.8) is 0 Å². The van der Waals surface area contributed by atoms with Gasteiger partial charge < -0.3 is 5.32 Å². The molecule has 1 N–H and O–H groups in total. The van der Waals surface area contributed by atoms with Crippen LogP contribution < -0.4 is 5.32 Å². The van der Waals surface area contributed by atoms with Gasteiger partial charge >= 0.3 is 0 Å². The zero-order valence-corrected chi connectivity index (χ0v) is 18.1. The third kappa shape index (κ3) is 6.23. The quantitative estimate of drug-likeness (QED) is 0.548. The van der Waals surface area contributed by atoms with Gasteiger partial charge in [-0.15, -0.1) is 0 Å². The van der Waals surface area contributed by atoms with E-state index in [4.69, 9.17) is 0 Å². The third-order valence-electron chi connectivity index (χ3n) is 4.94. The first-order valence-electron chi connectivity index (χ1n) is 10.0. The van der Waals surface area contributed by atoms with Crippen molar-refractivity contribution in [2.45, 2.75) is 24.3 Å². The molecule has 162 valence electrons. The summed E-state index contributed by atoms with van der Waals surface area (Å²) in [5.41, 5.74) is 1.72. The predicted octanol–water partition coefficient (Wildman–Crippen LogP) is 3.94. The lowest BCUT2D eigenvalue weighted by Gasteiger charge is -2.23. The summed E-state index contributed by atoms with van der Waals surface area (Å²) < 4.78 is 40.7. The van der Waals surface area contributed by atoms with Gasteiger partial charge in [0.2, 0.25) is 15.9 Å². The second-order valence-electron chi connectivity index (χ2n) is 7.23. The van der Waals surface area contributed by atoms with Gasteiger partial charge in [0, 0.05) is 6.54 Å². The summed E-state index contributed by atoms with van der Waals surface area (Å²) in [5, 5.41) is 2.80. The van der Waals surface area contributed by atoms with Crippen LogP contribution in [0.25, 0.3) is 0 Å². The first kappa shape index (κ1) is 22.7. The molecule has 0 aliphatic carbocycles. The first-order chi connectivity index (χ1) is 14.9. The zero-order valence-electron chi connectivity index (χ0n) is 17.2. The molecule has 0 saturated carbocycles. The fourth-order valence-corrected chi connectivity index (χ4v) is 4.62. The highest BCUT2D eigenvalue weighted by Gasteiger charge is 2.26. The van der Waals surface area contributed by atoms with Crippen LogP contribution in [-0.2, 0) is 21.2 Å². The molecule has 7 heteroatoms. The largest absolute Gasteiger partial charge is 0.348 e. The molecule has 0 fully saturated rings. The third-order valence-corrected chi connectivity index (χ3v) is 6.80. The summed E-state index contributed by atoms with van der Waals surface area (Å²) in [7, 11) is -3.85. The lowest BCUT2D eigenvalue weighted by atomic mass is 10.1. The van der Waals surface area contributed by atoms with Crippen molar-refractivity contribution in [1.82, 2.24) is 9.62 Å². The molecule has 3 aromatic rings. The van der Waals surface area contributed by atoms with Crippen LogP contribution in [-0.4, -0.2) is 31.7 Å². The van der Waals surface area contributed by atoms with E-state index in [1.165, 1.54) is 28.6 Å². The van der Waals surface area contributed by atoms with Crippen molar-refractivity contribution in [3.8, 4) is 0 Å². The van der Waals surface area contributed by atoms with E-state index in [1.54, 1.807) is 37.3 Å². The number of halogens is 1. The topological polar surface area (TPSA) is 66.5 Å². The van der Waals surface area contributed by atoms with Gasteiger partial charge in [-0.05, 0) is 48.7 Å². The molecule has 0 saturated heterocycles. The number of nitrogens with zero attached hydrogens (tertiary/aromatic N) is 1.